The molecule has 1 fully saturated rings. The van der Waals surface area contributed by atoms with Crippen LogP contribution < -0.4 is 15.5 Å². The number of nitrogens with one attached hydrogen (secondary N) is 2. The van der Waals surface area contributed by atoms with Gasteiger partial charge >= 0.3 is 6.03 Å². The third-order valence-corrected chi connectivity index (χ3v) is 6.01. The van der Waals surface area contributed by atoms with Crippen molar-refractivity contribution in [3.8, 4) is 11.3 Å². The normalized spacial score (nSPS) is 14.4. The summed E-state index contributed by atoms with van der Waals surface area (Å²) in [6.45, 7) is 6.26. The van der Waals surface area contributed by atoms with Crippen molar-refractivity contribution in [3.05, 3.63) is 65.2 Å². The van der Waals surface area contributed by atoms with E-state index in [4.69, 9.17) is 11.6 Å². The molecule has 2 N–H and O–H groups in total. The average molecular weight is 436 g/mol. The zero-order valence-electron chi connectivity index (χ0n) is 17.7. The number of nitrogens with zero attached hydrogens (tertiary/aromatic N) is 3. The Morgan fingerprint density at radius 1 is 1.00 bits per heavy atom. The number of amides is 2. The lowest BCUT2D eigenvalue weighted by atomic mass is 9.99. The van der Waals surface area contributed by atoms with Gasteiger partial charge in [-0.05, 0) is 67.6 Å². The molecule has 6 nitrogen and oxygen atoms in total. The van der Waals surface area contributed by atoms with Crippen molar-refractivity contribution in [2.75, 3.05) is 28.6 Å². The van der Waals surface area contributed by atoms with Gasteiger partial charge in [0.15, 0.2) is 5.82 Å². The lowest BCUT2D eigenvalue weighted by Crippen LogP contribution is -2.33. The lowest BCUT2D eigenvalue weighted by Gasteiger charge is -2.30. The Bertz CT molecular complexity index is 1060. The van der Waals surface area contributed by atoms with Crippen molar-refractivity contribution in [1.82, 2.24) is 10.2 Å². The quantitative estimate of drug-likeness (QED) is 0.528. The highest BCUT2D eigenvalue weighted by Gasteiger charge is 2.17. The SMILES string of the molecule is Cc1ccc(NC(=O)Nc2cccc(-c3ccc(N4CCC(C)CC4)nn3)c2)cc1Cl. The van der Waals surface area contributed by atoms with Gasteiger partial charge in [-0.15, -0.1) is 10.2 Å². The summed E-state index contributed by atoms with van der Waals surface area (Å²) in [5.74, 6) is 1.69. The summed E-state index contributed by atoms with van der Waals surface area (Å²) in [6.07, 6.45) is 2.38. The minimum Gasteiger partial charge on any atom is -0.355 e. The van der Waals surface area contributed by atoms with Crippen molar-refractivity contribution in [3.63, 3.8) is 0 Å². The molecule has 0 bridgehead atoms. The number of urea groups is 1. The summed E-state index contributed by atoms with van der Waals surface area (Å²) in [6, 6.07) is 16.6. The van der Waals surface area contributed by atoms with Crippen LogP contribution in [0.4, 0.5) is 22.0 Å². The summed E-state index contributed by atoms with van der Waals surface area (Å²) >= 11 is 6.13. The van der Waals surface area contributed by atoms with Crippen LogP contribution in [0.25, 0.3) is 11.3 Å². The highest BCUT2D eigenvalue weighted by molar-refractivity contribution is 6.31. The molecule has 1 saturated heterocycles. The van der Waals surface area contributed by atoms with Gasteiger partial charge in [-0.1, -0.05) is 36.7 Å². The van der Waals surface area contributed by atoms with Crippen LogP contribution in [0.2, 0.25) is 5.02 Å². The number of carbonyl (C=O) groups is 1. The van der Waals surface area contributed by atoms with E-state index in [0.717, 1.165) is 41.6 Å². The molecule has 7 heteroatoms. The molecular formula is C24H26ClN5O. The van der Waals surface area contributed by atoms with E-state index in [0.29, 0.717) is 16.4 Å². The number of anilines is 3. The minimum atomic E-state index is -0.335. The molecule has 0 radical (unpaired) electrons. The standard InChI is InChI=1S/C24H26ClN5O/c1-16-10-12-30(13-11-16)23-9-8-22(28-29-23)18-4-3-5-19(14-18)26-24(31)27-20-7-6-17(2)21(25)15-20/h3-9,14-16H,10-13H2,1-2H3,(H2,26,27,31). The second-order valence-electron chi connectivity index (χ2n) is 8.07. The molecule has 2 aromatic carbocycles. The first-order valence-corrected chi connectivity index (χ1v) is 10.9. The molecule has 0 atom stereocenters. The topological polar surface area (TPSA) is 70.2 Å². The fourth-order valence-electron chi connectivity index (χ4n) is 3.61. The lowest BCUT2D eigenvalue weighted by molar-refractivity contribution is 0.262. The molecule has 1 aliphatic rings. The van der Waals surface area contributed by atoms with Crippen LogP contribution in [0.1, 0.15) is 25.3 Å². The average Bonchev–Trinajstić information content (AvgIpc) is 2.77. The summed E-state index contributed by atoms with van der Waals surface area (Å²) < 4.78 is 0. The molecule has 0 saturated carbocycles. The van der Waals surface area contributed by atoms with Gasteiger partial charge in [-0.2, -0.15) is 0 Å². The molecular weight excluding hydrogens is 410 g/mol. The van der Waals surface area contributed by atoms with Gasteiger partial charge in [0.25, 0.3) is 0 Å². The zero-order valence-corrected chi connectivity index (χ0v) is 18.5. The van der Waals surface area contributed by atoms with Crippen LogP contribution in [0.15, 0.2) is 54.6 Å². The van der Waals surface area contributed by atoms with Crippen LogP contribution in [-0.4, -0.2) is 29.3 Å². The first kappa shape index (κ1) is 21.1. The monoisotopic (exact) mass is 435 g/mol. The van der Waals surface area contributed by atoms with E-state index in [1.54, 1.807) is 6.07 Å². The van der Waals surface area contributed by atoms with Crippen LogP contribution in [0, 0.1) is 12.8 Å². The highest BCUT2D eigenvalue weighted by Crippen LogP contribution is 2.25. The van der Waals surface area contributed by atoms with E-state index < -0.39 is 0 Å². The Labute approximate surface area is 187 Å². The molecule has 0 spiro atoms. The summed E-state index contributed by atoms with van der Waals surface area (Å²) in [5, 5.41) is 15.1. The maximum absolute atomic E-state index is 12.4. The minimum absolute atomic E-state index is 0.335. The molecule has 3 aromatic rings. The maximum Gasteiger partial charge on any atom is 0.323 e. The fraction of sp³-hybridized carbons (Fsp3) is 0.292. The smallest absolute Gasteiger partial charge is 0.323 e. The number of halogens is 1. The Hall–Kier alpha value is -3.12. The summed E-state index contributed by atoms with van der Waals surface area (Å²) in [4.78, 5) is 14.7. The van der Waals surface area contributed by atoms with Crippen LogP contribution >= 0.6 is 11.6 Å². The van der Waals surface area contributed by atoms with Gasteiger partial charge in [0.1, 0.15) is 0 Å². The molecule has 2 heterocycles. The second kappa shape index (κ2) is 9.35. The van der Waals surface area contributed by atoms with Gasteiger partial charge in [-0.25, -0.2) is 4.79 Å². The van der Waals surface area contributed by atoms with Crippen LogP contribution in [0.3, 0.4) is 0 Å². The summed E-state index contributed by atoms with van der Waals surface area (Å²) in [5.41, 5.74) is 3.93. The van der Waals surface area contributed by atoms with Gasteiger partial charge in [-0.3, -0.25) is 0 Å². The number of carbonyl (C=O) groups excluding carboxylic acids is 1. The summed E-state index contributed by atoms with van der Waals surface area (Å²) in [7, 11) is 0. The molecule has 0 aliphatic carbocycles. The molecule has 31 heavy (non-hydrogen) atoms. The second-order valence-corrected chi connectivity index (χ2v) is 8.48. The van der Waals surface area contributed by atoms with Crippen LogP contribution in [0.5, 0.6) is 0 Å². The Morgan fingerprint density at radius 3 is 2.42 bits per heavy atom. The number of aromatic nitrogens is 2. The molecule has 1 aliphatic heterocycles. The van der Waals surface area contributed by atoms with Crippen molar-refractivity contribution in [2.45, 2.75) is 26.7 Å². The van der Waals surface area contributed by atoms with E-state index in [1.807, 2.05) is 55.5 Å². The molecule has 0 unspecified atom stereocenters. The van der Waals surface area contributed by atoms with Crippen molar-refractivity contribution < 1.29 is 4.79 Å². The maximum atomic E-state index is 12.4. The van der Waals surface area contributed by atoms with Gasteiger partial charge in [0.2, 0.25) is 0 Å². The predicted molar refractivity (Wildman–Crippen MR) is 127 cm³/mol. The van der Waals surface area contributed by atoms with E-state index in [-0.39, 0.29) is 6.03 Å². The van der Waals surface area contributed by atoms with Crippen LogP contribution in [-0.2, 0) is 0 Å². The molecule has 160 valence electrons. The number of piperidine rings is 1. The van der Waals surface area contributed by atoms with E-state index in [2.05, 4.69) is 32.7 Å². The van der Waals surface area contributed by atoms with Gasteiger partial charge in [0, 0.05) is 35.1 Å². The van der Waals surface area contributed by atoms with Crippen molar-refractivity contribution >= 4 is 34.8 Å². The fourth-order valence-corrected chi connectivity index (χ4v) is 3.79. The van der Waals surface area contributed by atoms with Crippen molar-refractivity contribution in [1.29, 1.82) is 0 Å². The van der Waals surface area contributed by atoms with Crippen molar-refractivity contribution in [2.24, 2.45) is 5.92 Å². The Morgan fingerprint density at radius 2 is 1.74 bits per heavy atom. The number of benzene rings is 2. The third kappa shape index (κ3) is 5.33. The predicted octanol–water partition coefficient (Wildman–Crippen LogP) is 5.99. The first-order chi connectivity index (χ1) is 15.0. The Balaban J connectivity index is 1.41. The third-order valence-electron chi connectivity index (χ3n) is 5.60. The molecule has 4 rings (SSSR count). The first-order valence-electron chi connectivity index (χ1n) is 10.5. The van der Waals surface area contributed by atoms with E-state index in [9.17, 15) is 4.79 Å². The van der Waals surface area contributed by atoms with Gasteiger partial charge in [0.05, 0.1) is 5.69 Å². The van der Waals surface area contributed by atoms with E-state index >= 15 is 0 Å². The number of rotatable bonds is 4. The molecule has 1 aromatic heterocycles. The van der Waals surface area contributed by atoms with Gasteiger partial charge < -0.3 is 15.5 Å². The highest BCUT2D eigenvalue weighted by atomic mass is 35.5. The number of aryl methyl sites for hydroxylation is 1. The van der Waals surface area contributed by atoms with E-state index in [1.165, 1.54) is 12.8 Å². The zero-order chi connectivity index (χ0) is 21.8. The Kier molecular flexibility index (Phi) is 6.37. The molecule has 2 amide bonds. The number of hydrogen-bond acceptors (Lipinski definition) is 4. The largest absolute Gasteiger partial charge is 0.355 e. The number of hydrogen-bond donors (Lipinski definition) is 2.